The first-order valence-electron chi connectivity index (χ1n) is 33.3. The zero-order chi connectivity index (χ0) is 64.2. The van der Waals surface area contributed by atoms with Gasteiger partial charge in [-0.3, -0.25) is 0 Å². The molecule has 97 heavy (non-hydrogen) atoms. The van der Waals surface area contributed by atoms with E-state index in [0.29, 0.717) is 49.4 Å². The highest BCUT2D eigenvalue weighted by Crippen LogP contribution is 2.52. The molecule has 11 heteroatoms. The van der Waals surface area contributed by atoms with Gasteiger partial charge >= 0.3 is 0 Å². The van der Waals surface area contributed by atoms with E-state index in [-0.39, 0.29) is 12.1 Å². The summed E-state index contributed by atoms with van der Waals surface area (Å²) in [7, 11) is 0. The van der Waals surface area contributed by atoms with E-state index in [0.717, 1.165) is 167 Å². The lowest BCUT2D eigenvalue weighted by molar-refractivity contribution is 0.171. The monoisotopic (exact) mass is 1260 g/mol. The van der Waals surface area contributed by atoms with Crippen LogP contribution in [0.25, 0.3) is 99.2 Å². The molecule has 3 aromatic heterocycles. The molecule has 7 heterocycles. The first-order chi connectivity index (χ1) is 47.6. The number of hydrogen-bond donors (Lipinski definition) is 0. The van der Waals surface area contributed by atoms with Crippen molar-refractivity contribution in [3.63, 3.8) is 0 Å². The summed E-state index contributed by atoms with van der Waals surface area (Å²) in [6, 6.07) is 94.2. The Balaban J connectivity index is 0.858. The third-order valence-electron chi connectivity index (χ3n) is 20.1. The molecule has 20 rings (SSSR count). The number of anilines is 9. The largest absolute Gasteiger partial charge is 0.486 e. The number of rotatable bonds is 8. The second-order valence-corrected chi connectivity index (χ2v) is 26.9. The Morgan fingerprint density at radius 1 is 0.330 bits per heavy atom. The first kappa shape index (κ1) is 55.4. The number of furan rings is 3. The van der Waals surface area contributed by atoms with Crippen molar-refractivity contribution in [3.05, 3.63) is 266 Å². The van der Waals surface area contributed by atoms with Gasteiger partial charge in [-0.25, -0.2) is 0 Å². The van der Waals surface area contributed by atoms with Crippen molar-refractivity contribution >= 4 is 140 Å². The maximum Gasteiger partial charge on any atom is 0.252 e. The average Bonchev–Trinajstić information content (AvgIpc) is 1.51. The van der Waals surface area contributed by atoms with Gasteiger partial charge < -0.3 is 46.9 Å². The molecule has 10 nitrogen and oxygen atoms in total. The second kappa shape index (κ2) is 21.2. The quantitative estimate of drug-likeness (QED) is 0.137. The van der Waals surface area contributed by atoms with Crippen molar-refractivity contribution in [2.45, 2.75) is 26.2 Å². The van der Waals surface area contributed by atoms with Crippen LogP contribution in [0.2, 0.25) is 0 Å². The molecule has 0 atom stereocenters. The highest BCUT2D eigenvalue weighted by atomic mass is 16.6. The van der Waals surface area contributed by atoms with Crippen molar-refractivity contribution in [2.75, 3.05) is 41.1 Å². The molecule has 4 aliphatic heterocycles. The van der Waals surface area contributed by atoms with Gasteiger partial charge in [-0.1, -0.05) is 142 Å². The summed E-state index contributed by atoms with van der Waals surface area (Å²) in [6.45, 7) is 8.32. The lowest BCUT2D eigenvalue weighted by atomic mass is 9.33. The van der Waals surface area contributed by atoms with Crippen LogP contribution in [0.5, 0.6) is 23.0 Å². The highest BCUT2D eigenvalue weighted by Gasteiger charge is 2.45. The molecule has 0 bridgehead atoms. The Morgan fingerprint density at radius 3 is 1.59 bits per heavy atom. The smallest absolute Gasteiger partial charge is 0.252 e. The maximum atomic E-state index is 6.60. The van der Waals surface area contributed by atoms with E-state index in [1.165, 1.54) is 5.56 Å². The van der Waals surface area contributed by atoms with E-state index in [1.54, 1.807) is 0 Å². The van der Waals surface area contributed by atoms with Crippen molar-refractivity contribution in [3.8, 4) is 56.6 Å². The van der Waals surface area contributed by atoms with Crippen LogP contribution in [0.4, 0.5) is 51.2 Å². The maximum absolute atomic E-state index is 6.60. The summed E-state index contributed by atoms with van der Waals surface area (Å²) >= 11 is 0. The Kier molecular flexibility index (Phi) is 12.1. The Hall–Kier alpha value is -12.1. The summed E-state index contributed by atoms with van der Waals surface area (Å²) in [6.07, 6.45) is 0. The molecule has 0 saturated heterocycles. The van der Waals surface area contributed by atoms with Crippen LogP contribution >= 0.6 is 0 Å². The molecule has 16 aromatic rings. The van der Waals surface area contributed by atoms with Crippen LogP contribution in [-0.4, -0.2) is 33.1 Å². The average molecular weight is 1260 g/mol. The van der Waals surface area contributed by atoms with Crippen LogP contribution in [0, 0.1) is 0 Å². The van der Waals surface area contributed by atoms with Crippen molar-refractivity contribution in [1.82, 2.24) is 0 Å². The van der Waals surface area contributed by atoms with E-state index >= 15 is 0 Å². The van der Waals surface area contributed by atoms with Crippen molar-refractivity contribution in [1.29, 1.82) is 0 Å². The predicted molar refractivity (Wildman–Crippen MR) is 394 cm³/mol. The number of para-hydroxylation sites is 3. The molecule has 464 valence electrons. The van der Waals surface area contributed by atoms with E-state index < -0.39 is 0 Å². The van der Waals surface area contributed by atoms with Gasteiger partial charge in [-0.15, -0.1) is 0 Å². The van der Waals surface area contributed by atoms with Crippen LogP contribution in [-0.2, 0) is 5.41 Å². The first-order valence-corrected chi connectivity index (χ1v) is 33.3. The molecule has 0 fully saturated rings. The fourth-order valence-electron chi connectivity index (χ4n) is 15.4. The Morgan fingerprint density at radius 2 is 0.887 bits per heavy atom. The van der Waals surface area contributed by atoms with Gasteiger partial charge in [0.05, 0.1) is 11.4 Å². The van der Waals surface area contributed by atoms with E-state index in [9.17, 15) is 0 Å². The number of hydrogen-bond acceptors (Lipinski definition) is 10. The van der Waals surface area contributed by atoms with Gasteiger partial charge in [0.15, 0.2) is 23.0 Å². The summed E-state index contributed by atoms with van der Waals surface area (Å²) < 4.78 is 45.4. The van der Waals surface area contributed by atoms with Crippen molar-refractivity contribution < 1.29 is 32.2 Å². The fraction of sp³-hybridized carbons (Fsp3) is 0.0930. The molecule has 0 radical (unpaired) electrons. The third kappa shape index (κ3) is 8.95. The summed E-state index contributed by atoms with van der Waals surface area (Å²) in [5, 5.41) is 7.62. The lowest BCUT2D eigenvalue weighted by Gasteiger charge is -2.45. The molecule has 0 amide bonds. The van der Waals surface area contributed by atoms with Gasteiger partial charge in [-0.05, 0) is 188 Å². The fourth-order valence-corrected chi connectivity index (χ4v) is 15.4. The zero-order valence-corrected chi connectivity index (χ0v) is 53.4. The summed E-state index contributed by atoms with van der Waals surface area (Å²) in [5.74, 6) is 3.64. The molecule has 0 saturated carbocycles. The van der Waals surface area contributed by atoms with Crippen LogP contribution in [0.3, 0.4) is 0 Å². The minimum atomic E-state index is -0.295. The number of nitrogens with zero attached hydrogens (tertiary/aromatic N) is 3. The van der Waals surface area contributed by atoms with Gasteiger partial charge in [-0.2, -0.15) is 0 Å². The van der Waals surface area contributed by atoms with Crippen LogP contribution in [0.15, 0.2) is 274 Å². The number of benzene rings is 13. The van der Waals surface area contributed by atoms with E-state index in [1.807, 2.05) is 48.5 Å². The molecule has 0 unspecified atom stereocenters. The predicted octanol–water partition coefficient (Wildman–Crippen LogP) is 20.8. The third-order valence-corrected chi connectivity index (χ3v) is 20.1. The summed E-state index contributed by atoms with van der Waals surface area (Å²) in [4.78, 5) is 7.34. The van der Waals surface area contributed by atoms with Crippen LogP contribution < -0.4 is 50.0 Å². The van der Waals surface area contributed by atoms with E-state index in [2.05, 4.69) is 248 Å². The molecular formula is C86H60BN3O7. The topological polar surface area (TPSA) is 86.1 Å². The minimum absolute atomic E-state index is 0.0861. The van der Waals surface area contributed by atoms with Gasteiger partial charge in [0.2, 0.25) is 0 Å². The van der Waals surface area contributed by atoms with E-state index in [4.69, 9.17) is 32.2 Å². The second-order valence-electron chi connectivity index (χ2n) is 26.9. The Bertz CT molecular complexity index is 5920. The van der Waals surface area contributed by atoms with Gasteiger partial charge in [0.25, 0.3) is 6.71 Å². The van der Waals surface area contributed by atoms with Crippen LogP contribution in [0.1, 0.15) is 26.3 Å². The number of fused-ring (bicyclic) bond motifs is 14. The summed E-state index contributed by atoms with van der Waals surface area (Å²) in [5.41, 5.74) is 22.8. The van der Waals surface area contributed by atoms with Gasteiger partial charge in [0.1, 0.15) is 60.1 Å². The minimum Gasteiger partial charge on any atom is -0.486 e. The normalized spacial score (nSPS) is 13.8. The molecular weight excluding hydrogens is 1200 g/mol. The molecule has 0 aliphatic carbocycles. The van der Waals surface area contributed by atoms with Gasteiger partial charge in [0, 0.05) is 84.4 Å². The van der Waals surface area contributed by atoms with Crippen molar-refractivity contribution in [2.24, 2.45) is 0 Å². The Labute approximate surface area is 559 Å². The highest BCUT2D eigenvalue weighted by molar-refractivity contribution is 7.00. The SMILES string of the molecule is CC(C)(C)c1ccc(N(c2cc3c4c(c2)N(c2ccc5c(c2)OCCO5)c2cc5c(cc2B4c2ccc(-c4ccc6c(c4)oc4ccccc46)cc2N3c2cccc(-c3ccc4c(c3)oc3ccccc34)c2)OCCO5)c2ccc3cc(-c4cc5ccccc5o4)ccc3c2)cc1. The molecule has 0 N–H and O–H groups in total. The standard InChI is InChI=1S/C86H60BN3O7/c1-86(2,3)59-25-28-60(29-26-59)88(62-27-21-52-39-58(20-19-53(52)41-62)79-45-57-11-4-7-16-75(57)95-79)64-46-73-85-74(47-64)90(63-30-34-78-82(48-63)92-36-35-91-78)72-50-84-83(93-37-38-94-84)49-70(72)87(85)69-33-24-54(56-23-32-68-66-15-6-9-18-77(66)97-81(68)44-56)42-71(69)89(73)61-13-10-12-51(40-61)55-22-31-67-65-14-5-8-17-76(65)96-80(67)43-55/h4-34,39-50H,35-38H2,1-3H3. The lowest BCUT2D eigenvalue weighted by Crippen LogP contribution is -2.61. The zero-order valence-electron chi connectivity index (χ0n) is 53.4. The molecule has 0 spiro atoms. The number of ether oxygens (including phenoxy) is 4. The molecule has 4 aliphatic rings. The molecule has 13 aromatic carbocycles.